The van der Waals surface area contributed by atoms with Crippen molar-refractivity contribution in [3.63, 3.8) is 0 Å². The molecule has 18 heteroatoms. The van der Waals surface area contributed by atoms with E-state index < -0.39 is 38.9 Å². The van der Waals surface area contributed by atoms with Crippen molar-refractivity contribution in [3.8, 4) is 0 Å². The van der Waals surface area contributed by atoms with Gasteiger partial charge in [0, 0.05) is 13.1 Å². The van der Waals surface area contributed by atoms with E-state index in [-0.39, 0.29) is 40.5 Å². The van der Waals surface area contributed by atoms with Gasteiger partial charge in [0.15, 0.2) is 11.5 Å². The van der Waals surface area contributed by atoms with Crippen molar-refractivity contribution in [2.75, 3.05) is 18.2 Å². The summed E-state index contributed by atoms with van der Waals surface area (Å²) in [7, 11) is -4.45. The van der Waals surface area contributed by atoms with Gasteiger partial charge in [-0.3, -0.25) is 20.1 Å². The lowest BCUT2D eigenvalue weighted by Gasteiger charge is -2.23. The Morgan fingerprint density at radius 3 is 2.69 bits per heavy atom. The summed E-state index contributed by atoms with van der Waals surface area (Å²) >= 11 is 3.06. The zero-order valence-corrected chi connectivity index (χ0v) is 20.2. The molecule has 1 atom stereocenters. The van der Waals surface area contributed by atoms with E-state index in [1.165, 1.54) is 25.1 Å². The summed E-state index contributed by atoms with van der Waals surface area (Å²) in [5.74, 6) is -1.58. The molecule has 15 nitrogen and oxygen atoms in total. The Kier molecular flexibility index (Phi) is 7.93. The average Bonchev–Trinajstić information content (AvgIpc) is 3.38. The molecule has 1 aliphatic rings. The van der Waals surface area contributed by atoms with Crippen LogP contribution >= 0.6 is 15.9 Å². The molecule has 0 bridgehead atoms. The lowest BCUT2D eigenvalue weighted by Crippen LogP contribution is -2.36. The van der Waals surface area contributed by atoms with Gasteiger partial charge in [-0.25, -0.2) is 9.23 Å². The van der Waals surface area contributed by atoms with Crippen LogP contribution in [0.3, 0.4) is 0 Å². The maximum Gasteiger partial charge on any atom is 0.433 e. The third-order valence-electron chi connectivity index (χ3n) is 4.31. The number of nitrogens with two attached hydrogens (primary N) is 1. The molecule has 2 aromatic rings. The van der Waals surface area contributed by atoms with Gasteiger partial charge in [-0.15, -0.1) is 4.94 Å². The first-order chi connectivity index (χ1) is 16.4. The second kappa shape index (κ2) is 10.5. The van der Waals surface area contributed by atoms with Gasteiger partial charge in [0.2, 0.25) is 0 Å². The van der Waals surface area contributed by atoms with E-state index in [9.17, 15) is 22.9 Å². The van der Waals surface area contributed by atoms with Crippen molar-refractivity contribution in [1.82, 2.24) is 15.3 Å². The highest BCUT2D eigenvalue weighted by Crippen LogP contribution is 2.34. The number of hydrogen-bond donors (Lipinski definition) is 5. The highest BCUT2D eigenvalue weighted by atomic mass is 79.9. The normalized spacial score (nSPS) is 15.0. The predicted molar refractivity (Wildman–Crippen MR) is 121 cm³/mol. The molecule has 0 fully saturated rings. The fourth-order valence-corrected chi connectivity index (χ4v) is 3.53. The van der Waals surface area contributed by atoms with Gasteiger partial charge in [0.1, 0.15) is 28.4 Å². The van der Waals surface area contributed by atoms with E-state index in [0.29, 0.717) is 0 Å². The Bertz CT molecular complexity index is 1270. The predicted octanol–water partition coefficient (Wildman–Crippen LogP) is 1.84. The number of halogens is 2. The molecule has 0 amide bonds. The van der Waals surface area contributed by atoms with Crippen molar-refractivity contribution in [2.24, 2.45) is 5.73 Å². The summed E-state index contributed by atoms with van der Waals surface area (Å²) in [5.41, 5.74) is 5.89. The lowest BCUT2D eigenvalue weighted by molar-refractivity contribution is -0.403. The van der Waals surface area contributed by atoms with Crippen LogP contribution in [0.15, 0.2) is 50.7 Å². The minimum Gasteiger partial charge on any atom is -0.403 e. The van der Waals surface area contributed by atoms with Crippen LogP contribution in [0.5, 0.6) is 0 Å². The van der Waals surface area contributed by atoms with Gasteiger partial charge < -0.3 is 15.5 Å². The molecule has 1 aromatic heterocycles. The minimum absolute atomic E-state index is 0.0667. The molecule has 6 N–H and O–H groups in total. The molecule has 0 saturated heterocycles. The number of nitro groups is 1. The third kappa shape index (κ3) is 6.44. The first-order valence-corrected chi connectivity index (χ1v) is 11.8. The summed E-state index contributed by atoms with van der Waals surface area (Å²) in [6.07, 6.45) is -0.954. The lowest BCUT2D eigenvalue weighted by atomic mass is 10.2. The number of amidine groups is 1. The van der Waals surface area contributed by atoms with Crippen LogP contribution in [0.4, 0.5) is 16.0 Å². The zero-order chi connectivity index (χ0) is 25.9. The van der Waals surface area contributed by atoms with Crippen molar-refractivity contribution in [3.05, 3.63) is 68.0 Å². The van der Waals surface area contributed by atoms with E-state index in [1.54, 1.807) is 0 Å². The summed E-state index contributed by atoms with van der Waals surface area (Å²) < 4.78 is 51.5. The van der Waals surface area contributed by atoms with Crippen molar-refractivity contribution in [2.45, 2.75) is 13.0 Å². The van der Waals surface area contributed by atoms with Crippen LogP contribution in [-0.2, 0) is 20.1 Å². The standard InChI is InChI=1S/C17H19BrFN7O8S/c1-9(13-4-5-14(32-13)25(27)28)33-26-17(22-6-7-23-35(29,30)31)15(16(20)21)24(34-26)10-2-3-12(19)11(18)8-10/h2-5,8-9,22-23H,6-7H2,1H3,(H3,20,21)(H,29,30,31). The fourth-order valence-electron chi connectivity index (χ4n) is 2.80. The SMILES string of the molecule is CC(ON1ON(c2ccc(F)c(Br)c2)C(C(=N)N)=C1NCCNS(=O)(=O)O)c1ccc([N+](=O)[O-])o1. The Balaban J connectivity index is 1.92. The maximum absolute atomic E-state index is 13.7. The molecule has 1 unspecified atom stereocenters. The first-order valence-electron chi connectivity index (χ1n) is 9.56. The molecule has 190 valence electrons. The van der Waals surface area contributed by atoms with Crippen LogP contribution in [0.2, 0.25) is 0 Å². The molecule has 0 saturated carbocycles. The van der Waals surface area contributed by atoms with Crippen molar-refractivity contribution in [1.29, 1.82) is 5.41 Å². The average molecular weight is 580 g/mol. The summed E-state index contributed by atoms with van der Waals surface area (Å²) in [6.45, 7) is 1.09. The van der Waals surface area contributed by atoms with Crippen LogP contribution < -0.4 is 20.8 Å². The first kappa shape index (κ1) is 26.3. The Labute approximate surface area is 205 Å². The third-order valence-corrected chi connectivity index (χ3v) is 5.48. The fraction of sp³-hybridized carbons (Fsp3) is 0.235. The Morgan fingerprint density at radius 1 is 1.40 bits per heavy atom. The van der Waals surface area contributed by atoms with E-state index in [0.717, 1.165) is 22.4 Å². The number of furan rings is 1. The van der Waals surface area contributed by atoms with Gasteiger partial charge in [0.25, 0.3) is 0 Å². The van der Waals surface area contributed by atoms with Crippen LogP contribution in [-0.4, -0.2) is 42.0 Å². The molecule has 1 aromatic carbocycles. The second-order valence-electron chi connectivity index (χ2n) is 6.82. The molecule has 3 rings (SSSR count). The number of nitrogens with zero attached hydrogens (tertiary/aromatic N) is 3. The summed E-state index contributed by atoms with van der Waals surface area (Å²) in [5, 5.41) is 23.5. The topological polar surface area (TPSA) is 210 Å². The van der Waals surface area contributed by atoms with Gasteiger partial charge in [-0.2, -0.15) is 18.2 Å². The van der Waals surface area contributed by atoms with E-state index in [4.69, 9.17) is 29.9 Å². The highest BCUT2D eigenvalue weighted by molar-refractivity contribution is 9.10. The summed E-state index contributed by atoms with van der Waals surface area (Å²) in [4.78, 5) is 21.5. The van der Waals surface area contributed by atoms with E-state index in [2.05, 4.69) is 21.2 Å². The highest BCUT2D eigenvalue weighted by Gasteiger charge is 2.37. The number of hydrogen-bond acceptors (Lipinski definition) is 11. The molecular formula is C17H19BrFN7O8S. The molecule has 0 spiro atoms. The van der Waals surface area contributed by atoms with Gasteiger partial charge in [0.05, 0.1) is 16.2 Å². The van der Waals surface area contributed by atoms with Gasteiger partial charge in [-0.05, 0) is 47.1 Å². The number of anilines is 1. The molecular weight excluding hydrogens is 561 g/mol. The van der Waals surface area contributed by atoms with Crippen LogP contribution in [0, 0.1) is 21.3 Å². The van der Waals surface area contributed by atoms with E-state index >= 15 is 0 Å². The van der Waals surface area contributed by atoms with Gasteiger partial charge in [-0.1, -0.05) is 5.23 Å². The Morgan fingerprint density at radius 2 is 2.11 bits per heavy atom. The molecule has 0 radical (unpaired) electrons. The number of rotatable bonds is 11. The van der Waals surface area contributed by atoms with Crippen molar-refractivity contribution < 1.29 is 36.5 Å². The molecule has 0 aliphatic carbocycles. The molecule has 35 heavy (non-hydrogen) atoms. The minimum atomic E-state index is -4.45. The van der Waals surface area contributed by atoms with Crippen LogP contribution in [0.25, 0.3) is 0 Å². The van der Waals surface area contributed by atoms with Gasteiger partial charge >= 0.3 is 16.2 Å². The number of benzene rings is 1. The number of nitrogens with one attached hydrogen (secondary N) is 3. The number of hydroxylamine groups is 3. The molecule has 2 heterocycles. The monoisotopic (exact) mass is 579 g/mol. The van der Waals surface area contributed by atoms with Crippen LogP contribution in [0.1, 0.15) is 18.8 Å². The summed E-state index contributed by atoms with van der Waals surface area (Å²) in [6, 6.07) is 6.28. The maximum atomic E-state index is 13.7. The zero-order valence-electron chi connectivity index (χ0n) is 17.8. The second-order valence-corrected chi connectivity index (χ2v) is 8.91. The Hall–Kier alpha value is -3.29. The van der Waals surface area contributed by atoms with Crippen molar-refractivity contribution >= 4 is 43.6 Å². The quantitative estimate of drug-likeness (QED) is 0.0644. The molecule has 1 aliphatic heterocycles. The smallest absolute Gasteiger partial charge is 0.403 e. The largest absolute Gasteiger partial charge is 0.433 e. The van der Waals surface area contributed by atoms with E-state index in [1.807, 2.05) is 4.72 Å².